The molecule has 23 heavy (non-hydrogen) atoms. The number of pyridine rings is 2. The molecule has 0 saturated carbocycles. The van der Waals surface area contributed by atoms with Crippen LogP contribution in [0.4, 0.5) is 16.4 Å². The summed E-state index contributed by atoms with van der Waals surface area (Å²) >= 11 is 0. The summed E-state index contributed by atoms with van der Waals surface area (Å²) in [4.78, 5) is 24.5. The summed E-state index contributed by atoms with van der Waals surface area (Å²) < 4.78 is 0. The van der Waals surface area contributed by atoms with Crippen LogP contribution in [-0.4, -0.2) is 52.2 Å². The third-order valence-corrected chi connectivity index (χ3v) is 3.77. The Hall–Kier alpha value is -2.83. The van der Waals surface area contributed by atoms with Crippen molar-refractivity contribution in [1.29, 1.82) is 0 Å². The minimum atomic E-state index is -0.181. The first-order valence-electron chi connectivity index (χ1n) is 7.50. The summed E-state index contributed by atoms with van der Waals surface area (Å²) in [6, 6.07) is 6.92. The molecule has 1 saturated heterocycles. The molecule has 1 aliphatic heterocycles. The van der Waals surface area contributed by atoms with Crippen molar-refractivity contribution in [3.8, 4) is 5.75 Å². The van der Waals surface area contributed by atoms with E-state index in [9.17, 15) is 9.90 Å². The number of aromatic nitrogens is 2. The number of urea groups is 1. The van der Waals surface area contributed by atoms with E-state index in [1.165, 1.54) is 12.3 Å². The first-order valence-corrected chi connectivity index (χ1v) is 7.50. The van der Waals surface area contributed by atoms with Gasteiger partial charge in [0.2, 0.25) is 0 Å². The zero-order chi connectivity index (χ0) is 16.2. The highest BCUT2D eigenvalue weighted by Gasteiger charge is 2.22. The Morgan fingerprint density at radius 2 is 1.87 bits per heavy atom. The van der Waals surface area contributed by atoms with Gasteiger partial charge in [-0.25, -0.2) is 14.8 Å². The summed E-state index contributed by atoms with van der Waals surface area (Å²) in [6.07, 6.45) is 3.15. The van der Waals surface area contributed by atoms with E-state index < -0.39 is 0 Å². The highest BCUT2D eigenvalue weighted by molar-refractivity contribution is 5.88. The molecule has 2 amide bonds. The van der Waals surface area contributed by atoms with Crippen LogP contribution in [0.3, 0.4) is 0 Å². The number of carbonyl (C=O) groups is 1. The van der Waals surface area contributed by atoms with E-state index in [4.69, 9.17) is 0 Å². The molecule has 7 heteroatoms. The highest BCUT2D eigenvalue weighted by atomic mass is 16.3. The summed E-state index contributed by atoms with van der Waals surface area (Å²) in [5.74, 6) is 1.44. The molecule has 120 valence electrons. The van der Waals surface area contributed by atoms with Crippen molar-refractivity contribution in [1.82, 2.24) is 14.9 Å². The molecule has 0 unspecified atom stereocenters. The van der Waals surface area contributed by atoms with Crippen molar-refractivity contribution in [2.45, 2.75) is 6.92 Å². The van der Waals surface area contributed by atoms with Gasteiger partial charge < -0.3 is 14.9 Å². The first-order chi connectivity index (χ1) is 11.1. The number of nitrogens with zero attached hydrogens (tertiary/aromatic N) is 4. The van der Waals surface area contributed by atoms with Crippen LogP contribution < -0.4 is 10.2 Å². The van der Waals surface area contributed by atoms with Crippen molar-refractivity contribution >= 4 is 17.7 Å². The van der Waals surface area contributed by atoms with Crippen LogP contribution >= 0.6 is 0 Å². The van der Waals surface area contributed by atoms with E-state index in [0.29, 0.717) is 18.9 Å². The van der Waals surface area contributed by atoms with E-state index in [1.807, 2.05) is 25.3 Å². The standard InChI is InChI=1S/C16H19N5O2/c1-12-2-5-15(18-10-12)20-6-8-21(9-7-20)16(23)19-14-4-3-13(22)11-17-14/h2-5,10-11,22H,6-9H2,1H3,(H,17,19,23). The summed E-state index contributed by atoms with van der Waals surface area (Å²) in [6.45, 7) is 4.74. The minimum absolute atomic E-state index is 0.0715. The predicted octanol–water partition coefficient (Wildman–Crippen LogP) is 1.84. The summed E-state index contributed by atoms with van der Waals surface area (Å²) in [7, 11) is 0. The van der Waals surface area contributed by atoms with E-state index >= 15 is 0 Å². The lowest BCUT2D eigenvalue weighted by Crippen LogP contribution is -2.50. The van der Waals surface area contributed by atoms with Gasteiger partial charge in [0.15, 0.2) is 0 Å². The number of piperazine rings is 1. The zero-order valence-corrected chi connectivity index (χ0v) is 12.9. The van der Waals surface area contributed by atoms with Crippen LogP contribution in [0, 0.1) is 6.92 Å². The topological polar surface area (TPSA) is 81.6 Å². The molecule has 0 bridgehead atoms. The maximum atomic E-state index is 12.2. The highest BCUT2D eigenvalue weighted by Crippen LogP contribution is 2.15. The van der Waals surface area contributed by atoms with Crippen LogP contribution in [0.25, 0.3) is 0 Å². The van der Waals surface area contributed by atoms with Crippen molar-refractivity contribution in [3.05, 3.63) is 42.2 Å². The third-order valence-electron chi connectivity index (χ3n) is 3.77. The van der Waals surface area contributed by atoms with Crippen LogP contribution in [-0.2, 0) is 0 Å². The van der Waals surface area contributed by atoms with E-state index in [1.54, 1.807) is 11.0 Å². The zero-order valence-electron chi connectivity index (χ0n) is 12.9. The first kappa shape index (κ1) is 15.1. The molecule has 3 rings (SSSR count). The number of amides is 2. The maximum Gasteiger partial charge on any atom is 0.323 e. The van der Waals surface area contributed by atoms with Crippen LogP contribution in [0.2, 0.25) is 0 Å². The maximum absolute atomic E-state index is 12.2. The van der Waals surface area contributed by atoms with Gasteiger partial charge in [0.05, 0.1) is 6.20 Å². The number of rotatable bonds is 2. The molecule has 2 aromatic heterocycles. The van der Waals surface area contributed by atoms with Crippen molar-refractivity contribution < 1.29 is 9.90 Å². The van der Waals surface area contributed by atoms with Gasteiger partial charge in [0.1, 0.15) is 17.4 Å². The molecule has 2 N–H and O–H groups in total. The summed E-state index contributed by atoms with van der Waals surface area (Å²) in [5, 5.41) is 11.9. The molecular weight excluding hydrogens is 294 g/mol. The average molecular weight is 313 g/mol. The van der Waals surface area contributed by atoms with E-state index in [0.717, 1.165) is 24.5 Å². The number of aryl methyl sites for hydroxylation is 1. The van der Waals surface area contributed by atoms with Gasteiger partial charge >= 0.3 is 6.03 Å². The fourth-order valence-electron chi connectivity index (χ4n) is 2.43. The second-order valence-corrected chi connectivity index (χ2v) is 5.50. The van der Waals surface area contributed by atoms with Crippen molar-refractivity contribution in [2.75, 3.05) is 36.4 Å². The largest absolute Gasteiger partial charge is 0.506 e. The Morgan fingerprint density at radius 1 is 1.09 bits per heavy atom. The van der Waals surface area contributed by atoms with E-state index in [2.05, 4.69) is 20.2 Å². The molecule has 1 aliphatic rings. The normalized spacial score (nSPS) is 14.7. The molecule has 0 radical (unpaired) electrons. The molecule has 0 aliphatic carbocycles. The van der Waals surface area contributed by atoms with Gasteiger partial charge in [0, 0.05) is 32.4 Å². The number of anilines is 2. The van der Waals surface area contributed by atoms with Gasteiger partial charge in [-0.3, -0.25) is 5.32 Å². The Balaban J connectivity index is 1.54. The molecule has 2 aromatic rings. The SMILES string of the molecule is Cc1ccc(N2CCN(C(=O)Nc3ccc(O)cn3)CC2)nc1. The van der Waals surface area contributed by atoms with E-state index in [-0.39, 0.29) is 11.8 Å². The van der Waals surface area contributed by atoms with Crippen molar-refractivity contribution in [3.63, 3.8) is 0 Å². The third kappa shape index (κ3) is 3.68. The van der Waals surface area contributed by atoms with Crippen LogP contribution in [0.5, 0.6) is 5.75 Å². The molecule has 3 heterocycles. The monoisotopic (exact) mass is 313 g/mol. The molecular formula is C16H19N5O2. The van der Waals surface area contributed by atoms with Crippen LogP contribution in [0.15, 0.2) is 36.7 Å². The number of aromatic hydroxyl groups is 1. The lowest BCUT2D eigenvalue weighted by Gasteiger charge is -2.35. The molecule has 0 aromatic carbocycles. The number of hydrogen-bond acceptors (Lipinski definition) is 5. The molecule has 7 nitrogen and oxygen atoms in total. The molecule has 0 spiro atoms. The quantitative estimate of drug-likeness (QED) is 0.884. The fourth-order valence-corrected chi connectivity index (χ4v) is 2.43. The number of carbonyl (C=O) groups excluding carboxylic acids is 1. The lowest BCUT2D eigenvalue weighted by molar-refractivity contribution is 0.208. The smallest absolute Gasteiger partial charge is 0.323 e. The fraction of sp³-hybridized carbons (Fsp3) is 0.312. The Kier molecular flexibility index (Phi) is 4.27. The van der Waals surface area contributed by atoms with Gasteiger partial charge in [0.25, 0.3) is 0 Å². The number of hydrogen-bond donors (Lipinski definition) is 2. The van der Waals surface area contributed by atoms with Gasteiger partial charge in [-0.1, -0.05) is 6.07 Å². The number of nitrogens with one attached hydrogen (secondary N) is 1. The molecule has 1 fully saturated rings. The Labute approximate surface area is 134 Å². The van der Waals surface area contributed by atoms with Crippen LogP contribution in [0.1, 0.15) is 5.56 Å². The van der Waals surface area contributed by atoms with Gasteiger partial charge in [-0.05, 0) is 30.7 Å². The van der Waals surface area contributed by atoms with Gasteiger partial charge in [-0.15, -0.1) is 0 Å². The second-order valence-electron chi connectivity index (χ2n) is 5.50. The van der Waals surface area contributed by atoms with Gasteiger partial charge in [-0.2, -0.15) is 0 Å². The molecule has 0 atom stereocenters. The lowest BCUT2D eigenvalue weighted by atomic mass is 10.3. The summed E-state index contributed by atoms with van der Waals surface area (Å²) in [5.41, 5.74) is 1.13. The predicted molar refractivity (Wildman–Crippen MR) is 87.7 cm³/mol. The minimum Gasteiger partial charge on any atom is -0.506 e. The Morgan fingerprint density at radius 3 is 2.48 bits per heavy atom. The Bertz CT molecular complexity index is 664. The second kappa shape index (κ2) is 6.51. The average Bonchev–Trinajstić information content (AvgIpc) is 2.58. The van der Waals surface area contributed by atoms with Crippen molar-refractivity contribution in [2.24, 2.45) is 0 Å².